The van der Waals surface area contributed by atoms with Crippen molar-refractivity contribution in [3.63, 3.8) is 0 Å². The highest BCUT2D eigenvalue weighted by Crippen LogP contribution is 2.42. The molecule has 0 aromatic heterocycles. The number of carbonyl (C=O) groups excluding carboxylic acids is 1. The highest BCUT2D eigenvalue weighted by Gasteiger charge is 2.55. The van der Waals surface area contributed by atoms with E-state index in [1.165, 1.54) is 11.8 Å². The zero-order valence-electron chi connectivity index (χ0n) is 21.7. The number of nitrogens with one attached hydrogen (secondary N) is 1. The Bertz CT molecular complexity index is 872. The maximum Gasteiger partial charge on any atom is 0.237 e. The number of carbonyl (C=O) groups is 1. The van der Waals surface area contributed by atoms with Crippen molar-refractivity contribution in [2.24, 2.45) is 5.92 Å². The predicted octanol–water partition coefficient (Wildman–Crippen LogP) is 1.91. The van der Waals surface area contributed by atoms with E-state index in [9.17, 15) is 15.0 Å². The molecule has 3 aliphatic rings. The number of hydrogen-bond donors (Lipinski definition) is 3. The average Bonchev–Trinajstić information content (AvgIpc) is 3.47. The molecule has 36 heavy (non-hydrogen) atoms. The van der Waals surface area contributed by atoms with Crippen LogP contribution in [0.4, 0.5) is 0 Å². The topological polar surface area (TPSA) is 110 Å². The number of amides is 1. The lowest BCUT2D eigenvalue weighted by atomic mass is 9.92. The molecule has 0 radical (unpaired) electrons. The third-order valence-corrected chi connectivity index (χ3v) is 8.41. The van der Waals surface area contributed by atoms with Gasteiger partial charge in [-0.3, -0.25) is 9.69 Å². The SMILES string of the molecule is CCC[C@@H]1C[C@@H](C(=O)N[C@@H]([C@@H]2O[C@H](SC)[C@H](O)[C@@H]3O[C@@H](c4ccc(OC)cc4)O[C@H]32)[C@H](C)O)N(C)C1. The fraction of sp³-hybridized carbons (Fsp3) is 0.731. The number of nitrogens with zero attached hydrogens (tertiary/aromatic N) is 1. The number of aliphatic hydroxyl groups is 2. The first-order valence-electron chi connectivity index (χ1n) is 12.8. The number of likely N-dealkylation sites (tertiary alicyclic amines) is 1. The summed E-state index contributed by atoms with van der Waals surface area (Å²) in [5.41, 5.74) is 0.194. The van der Waals surface area contributed by atoms with Crippen LogP contribution in [0.3, 0.4) is 0 Å². The minimum atomic E-state index is -0.925. The van der Waals surface area contributed by atoms with Crippen LogP contribution in [0.25, 0.3) is 0 Å². The Hall–Kier alpha value is -1.40. The minimum Gasteiger partial charge on any atom is -0.497 e. The fourth-order valence-corrected chi connectivity index (χ4v) is 6.32. The van der Waals surface area contributed by atoms with Crippen molar-refractivity contribution in [3.8, 4) is 5.75 Å². The van der Waals surface area contributed by atoms with Crippen molar-refractivity contribution in [1.29, 1.82) is 0 Å². The summed E-state index contributed by atoms with van der Waals surface area (Å²) in [6, 6.07) is 6.36. The van der Waals surface area contributed by atoms with Gasteiger partial charge in [-0.15, -0.1) is 11.8 Å². The standard InChI is InChI=1S/C26H40N2O7S/c1-6-7-15-12-18(28(3)13-15)24(31)27-19(14(2)29)21-23-22(20(30)26(35-21)36-5)33-25(34-23)16-8-10-17(32-4)11-9-16/h8-11,14-15,18-23,25-26,29-30H,6-7,12-13H2,1-5H3,(H,27,31)/t14-,15+,18-,19+,20+,21-,22-,23-,25+,26+/m0/s1. The van der Waals surface area contributed by atoms with Gasteiger partial charge in [0.1, 0.15) is 35.6 Å². The fourth-order valence-electron chi connectivity index (χ4n) is 5.65. The summed E-state index contributed by atoms with van der Waals surface area (Å²) in [6.07, 6.45) is 0.228. The quantitative estimate of drug-likeness (QED) is 0.446. The molecular formula is C26H40N2O7S. The molecule has 1 aromatic rings. The number of fused-ring (bicyclic) bond motifs is 1. The second-order valence-corrected chi connectivity index (χ2v) is 11.1. The van der Waals surface area contributed by atoms with Crippen molar-refractivity contribution in [2.75, 3.05) is 27.0 Å². The number of benzene rings is 1. The van der Waals surface area contributed by atoms with Gasteiger partial charge in [-0.2, -0.15) is 0 Å². The van der Waals surface area contributed by atoms with E-state index in [-0.39, 0.29) is 11.9 Å². The van der Waals surface area contributed by atoms with Crippen LogP contribution in [-0.4, -0.2) is 96.0 Å². The molecule has 3 heterocycles. The van der Waals surface area contributed by atoms with E-state index in [4.69, 9.17) is 18.9 Å². The summed E-state index contributed by atoms with van der Waals surface area (Å²) in [4.78, 5) is 15.4. The van der Waals surface area contributed by atoms with Crippen LogP contribution >= 0.6 is 11.8 Å². The molecule has 3 fully saturated rings. The lowest BCUT2D eigenvalue weighted by Gasteiger charge is -2.43. The number of hydrogen-bond acceptors (Lipinski definition) is 9. The summed E-state index contributed by atoms with van der Waals surface area (Å²) in [5.74, 6) is 1.08. The van der Waals surface area contributed by atoms with Gasteiger partial charge in [0.25, 0.3) is 0 Å². The van der Waals surface area contributed by atoms with E-state index in [0.717, 1.165) is 31.4 Å². The predicted molar refractivity (Wildman–Crippen MR) is 137 cm³/mol. The Balaban J connectivity index is 1.53. The van der Waals surface area contributed by atoms with Crippen LogP contribution in [-0.2, 0) is 19.0 Å². The Labute approximate surface area is 217 Å². The van der Waals surface area contributed by atoms with Crippen molar-refractivity contribution in [1.82, 2.24) is 10.2 Å². The summed E-state index contributed by atoms with van der Waals surface area (Å²) in [6.45, 7) is 4.68. The van der Waals surface area contributed by atoms with Crippen LogP contribution < -0.4 is 10.1 Å². The molecule has 0 bridgehead atoms. The molecule has 0 aliphatic carbocycles. The average molecular weight is 525 g/mol. The van der Waals surface area contributed by atoms with Gasteiger partial charge in [-0.1, -0.05) is 25.5 Å². The highest BCUT2D eigenvalue weighted by atomic mass is 32.2. The first-order valence-corrected chi connectivity index (χ1v) is 14.1. The molecule has 1 aromatic carbocycles. The first kappa shape index (κ1) is 27.6. The van der Waals surface area contributed by atoms with Gasteiger partial charge in [0, 0.05) is 12.1 Å². The van der Waals surface area contributed by atoms with Crippen molar-refractivity contribution in [3.05, 3.63) is 29.8 Å². The zero-order chi connectivity index (χ0) is 26.0. The summed E-state index contributed by atoms with van der Waals surface area (Å²) in [7, 11) is 3.57. The highest BCUT2D eigenvalue weighted by molar-refractivity contribution is 7.99. The van der Waals surface area contributed by atoms with Gasteiger partial charge in [0.15, 0.2) is 6.29 Å². The number of thioether (sulfide) groups is 1. The Morgan fingerprint density at radius 1 is 1.25 bits per heavy atom. The number of aliphatic hydroxyl groups excluding tert-OH is 2. The van der Waals surface area contributed by atoms with Crippen molar-refractivity contribution in [2.45, 2.75) is 87.4 Å². The molecule has 3 N–H and O–H groups in total. The van der Waals surface area contributed by atoms with Crippen LogP contribution in [0.2, 0.25) is 0 Å². The number of methoxy groups -OCH3 is 1. The molecule has 4 rings (SSSR count). The second kappa shape index (κ2) is 12.0. The van der Waals surface area contributed by atoms with Crippen LogP contribution in [0.5, 0.6) is 5.75 Å². The molecule has 3 saturated heterocycles. The van der Waals surface area contributed by atoms with Crippen LogP contribution in [0.1, 0.15) is 45.0 Å². The van der Waals surface area contributed by atoms with Gasteiger partial charge in [0.2, 0.25) is 5.91 Å². The summed E-state index contributed by atoms with van der Waals surface area (Å²) < 4.78 is 24.0. The van der Waals surface area contributed by atoms with Gasteiger partial charge >= 0.3 is 0 Å². The van der Waals surface area contributed by atoms with Crippen molar-refractivity contribution >= 4 is 17.7 Å². The molecule has 9 nitrogen and oxygen atoms in total. The Kier molecular flexibility index (Phi) is 9.19. The lowest BCUT2D eigenvalue weighted by Crippen LogP contribution is -2.65. The number of rotatable bonds is 9. The van der Waals surface area contributed by atoms with Gasteiger partial charge in [-0.05, 0) is 51.1 Å². The van der Waals surface area contributed by atoms with Gasteiger partial charge in [0.05, 0.1) is 25.3 Å². The smallest absolute Gasteiger partial charge is 0.237 e. The van der Waals surface area contributed by atoms with Crippen LogP contribution in [0, 0.1) is 5.92 Å². The zero-order valence-corrected chi connectivity index (χ0v) is 22.5. The summed E-state index contributed by atoms with van der Waals surface area (Å²) in [5, 5.41) is 24.8. The third-order valence-electron chi connectivity index (χ3n) is 7.55. The monoisotopic (exact) mass is 524 g/mol. The van der Waals surface area contributed by atoms with E-state index in [2.05, 4.69) is 17.1 Å². The van der Waals surface area contributed by atoms with E-state index >= 15 is 0 Å². The largest absolute Gasteiger partial charge is 0.497 e. The molecule has 0 spiro atoms. The molecule has 0 saturated carbocycles. The molecule has 1 amide bonds. The molecule has 10 atom stereocenters. The first-order chi connectivity index (χ1) is 17.3. The molecule has 202 valence electrons. The minimum absolute atomic E-state index is 0.125. The second-order valence-electron chi connectivity index (χ2n) is 10.1. The number of ether oxygens (including phenoxy) is 4. The normalized spacial score (nSPS) is 36.3. The van der Waals surface area contributed by atoms with E-state index < -0.39 is 48.3 Å². The van der Waals surface area contributed by atoms with Gasteiger partial charge < -0.3 is 34.5 Å². The Morgan fingerprint density at radius 3 is 2.56 bits per heavy atom. The van der Waals surface area contributed by atoms with E-state index in [1.54, 1.807) is 14.0 Å². The van der Waals surface area contributed by atoms with Crippen molar-refractivity contribution < 1.29 is 34.0 Å². The maximum absolute atomic E-state index is 13.4. The molecular weight excluding hydrogens is 484 g/mol. The maximum atomic E-state index is 13.4. The molecule has 3 aliphatic heterocycles. The summed E-state index contributed by atoms with van der Waals surface area (Å²) >= 11 is 1.36. The number of likely N-dealkylation sites (N-methyl/N-ethyl adjacent to an activating group) is 1. The third kappa shape index (κ3) is 5.70. The Morgan fingerprint density at radius 2 is 1.94 bits per heavy atom. The van der Waals surface area contributed by atoms with E-state index in [0.29, 0.717) is 11.7 Å². The van der Waals surface area contributed by atoms with E-state index in [1.807, 2.05) is 37.6 Å². The molecule has 10 heteroatoms. The van der Waals surface area contributed by atoms with Gasteiger partial charge in [-0.25, -0.2) is 0 Å². The molecule has 0 unspecified atom stereocenters. The lowest BCUT2D eigenvalue weighted by molar-refractivity contribution is -0.176. The van der Waals surface area contributed by atoms with Crippen LogP contribution in [0.15, 0.2) is 24.3 Å².